The highest BCUT2D eigenvalue weighted by atomic mass is 19.3. The SMILES string of the molecule is CC(F)(F)c1ccc(CC#N)cc1. The molecule has 0 amide bonds. The van der Waals surface area contributed by atoms with Crippen LogP contribution in [0.2, 0.25) is 0 Å². The van der Waals surface area contributed by atoms with Gasteiger partial charge in [0.05, 0.1) is 12.5 Å². The zero-order valence-electron chi connectivity index (χ0n) is 7.22. The summed E-state index contributed by atoms with van der Waals surface area (Å²) >= 11 is 0. The van der Waals surface area contributed by atoms with E-state index >= 15 is 0 Å². The molecule has 1 nitrogen and oxygen atoms in total. The highest BCUT2D eigenvalue weighted by Gasteiger charge is 2.23. The first-order chi connectivity index (χ1) is 6.04. The number of benzene rings is 1. The van der Waals surface area contributed by atoms with E-state index in [1.165, 1.54) is 12.1 Å². The Balaban J connectivity index is 2.89. The Kier molecular flexibility index (Phi) is 2.62. The van der Waals surface area contributed by atoms with Crippen molar-refractivity contribution in [2.75, 3.05) is 0 Å². The average Bonchev–Trinajstić information content (AvgIpc) is 2.04. The zero-order chi connectivity index (χ0) is 9.90. The second kappa shape index (κ2) is 3.53. The van der Waals surface area contributed by atoms with E-state index in [-0.39, 0.29) is 12.0 Å². The lowest BCUT2D eigenvalue weighted by molar-refractivity contribution is 0.0174. The molecule has 0 heterocycles. The molecule has 68 valence electrons. The molecule has 0 spiro atoms. The number of hydrogen-bond acceptors (Lipinski definition) is 1. The molecule has 1 aromatic carbocycles. The van der Waals surface area contributed by atoms with Gasteiger partial charge < -0.3 is 0 Å². The Hall–Kier alpha value is -1.43. The quantitative estimate of drug-likeness (QED) is 0.688. The van der Waals surface area contributed by atoms with Crippen LogP contribution in [0.5, 0.6) is 0 Å². The Morgan fingerprint density at radius 1 is 1.31 bits per heavy atom. The van der Waals surface area contributed by atoms with Gasteiger partial charge in [0.2, 0.25) is 0 Å². The van der Waals surface area contributed by atoms with Gasteiger partial charge >= 0.3 is 0 Å². The first-order valence-electron chi connectivity index (χ1n) is 3.88. The van der Waals surface area contributed by atoms with Gasteiger partial charge in [0.1, 0.15) is 0 Å². The molecule has 0 aliphatic carbocycles. The Bertz CT molecular complexity index is 316. The van der Waals surface area contributed by atoms with Gasteiger partial charge in [0.25, 0.3) is 5.92 Å². The molecule has 1 rings (SSSR count). The molecule has 0 bridgehead atoms. The number of alkyl halides is 2. The third-order valence-corrected chi connectivity index (χ3v) is 1.74. The van der Waals surface area contributed by atoms with Crippen LogP contribution < -0.4 is 0 Å². The van der Waals surface area contributed by atoms with Gasteiger partial charge in [-0.2, -0.15) is 5.26 Å². The molecule has 0 N–H and O–H groups in total. The predicted octanol–water partition coefficient (Wildman–Crippen LogP) is 2.86. The zero-order valence-corrected chi connectivity index (χ0v) is 7.22. The second-order valence-electron chi connectivity index (χ2n) is 2.92. The van der Waals surface area contributed by atoms with Gasteiger partial charge in [-0.3, -0.25) is 0 Å². The van der Waals surface area contributed by atoms with Gasteiger partial charge in [0, 0.05) is 12.5 Å². The number of nitrogens with zero attached hydrogens (tertiary/aromatic N) is 1. The van der Waals surface area contributed by atoms with E-state index in [1.807, 2.05) is 6.07 Å². The van der Waals surface area contributed by atoms with Crippen molar-refractivity contribution in [3.05, 3.63) is 35.4 Å². The van der Waals surface area contributed by atoms with Crippen molar-refractivity contribution >= 4 is 0 Å². The van der Waals surface area contributed by atoms with E-state index < -0.39 is 5.92 Å². The first-order valence-corrected chi connectivity index (χ1v) is 3.88. The molecule has 0 saturated carbocycles. The minimum Gasteiger partial charge on any atom is -0.202 e. The predicted molar refractivity (Wildman–Crippen MR) is 45.3 cm³/mol. The number of hydrogen-bond donors (Lipinski definition) is 0. The smallest absolute Gasteiger partial charge is 0.202 e. The van der Waals surface area contributed by atoms with Crippen LogP contribution in [0.3, 0.4) is 0 Å². The van der Waals surface area contributed by atoms with Gasteiger partial charge in [0.15, 0.2) is 0 Å². The Labute approximate surface area is 75.6 Å². The monoisotopic (exact) mass is 181 g/mol. The van der Waals surface area contributed by atoms with E-state index in [9.17, 15) is 8.78 Å². The van der Waals surface area contributed by atoms with Crippen LogP contribution in [0.25, 0.3) is 0 Å². The highest BCUT2D eigenvalue weighted by molar-refractivity contribution is 5.26. The summed E-state index contributed by atoms with van der Waals surface area (Å²) in [5.74, 6) is -2.80. The minimum absolute atomic E-state index is 0.0193. The fraction of sp³-hybridized carbons (Fsp3) is 0.300. The van der Waals surface area contributed by atoms with Gasteiger partial charge in [-0.25, -0.2) is 8.78 Å². The molecular weight excluding hydrogens is 172 g/mol. The molecule has 0 unspecified atom stereocenters. The molecule has 1 aromatic rings. The first kappa shape index (κ1) is 9.66. The van der Waals surface area contributed by atoms with Crippen molar-refractivity contribution in [2.45, 2.75) is 19.3 Å². The molecule has 0 fully saturated rings. The summed E-state index contributed by atoms with van der Waals surface area (Å²) in [6.45, 7) is 0.853. The van der Waals surface area contributed by atoms with Crippen molar-refractivity contribution in [1.82, 2.24) is 0 Å². The minimum atomic E-state index is -2.80. The van der Waals surface area contributed by atoms with Gasteiger partial charge in [-0.15, -0.1) is 0 Å². The summed E-state index contributed by atoms with van der Waals surface area (Å²) in [6, 6.07) is 7.77. The van der Waals surface area contributed by atoms with E-state index in [4.69, 9.17) is 5.26 Å². The summed E-state index contributed by atoms with van der Waals surface area (Å²) in [5.41, 5.74) is 0.740. The third-order valence-electron chi connectivity index (χ3n) is 1.74. The molecule has 13 heavy (non-hydrogen) atoms. The molecule has 3 heteroatoms. The van der Waals surface area contributed by atoms with E-state index in [2.05, 4.69) is 0 Å². The maximum Gasteiger partial charge on any atom is 0.270 e. The number of nitriles is 1. The Morgan fingerprint density at radius 2 is 1.85 bits per heavy atom. The van der Waals surface area contributed by atoms with Crippen molar-refractivity contribution in [3.8, 4) is 6.07 Å². The van der Waals surface area contributed by atoms with Crippen molar-refractivity contribution in [1.29, 1.82) is 5.26 Å². The summed E-state index contributed by atoms with van der Waals surface area (Å²) < 4.78 is 25.4. The van der Waals surface area contributed by atoms with Crippen LogP contribution in [-0.4, -0.2) is 0 Å². The van der Waals surface area contributed by atoms with Crippen LogP contribution >= 0.6 is 0 Å². The maximum absolute atomic E-state index is 12.7. The molecule has 0 radical (unpaired) electrons. The maximum atomic E-state index is 12.7. The lowest BCUT2D eigenvalue weighted by Crippen LogP contribution is -2.06. The molecular formula is C10H9F2N. The van der Waals surface area contributed by atoms with Crippen molar-refractivity contribution in [3.63, 3.8) is 0 Å². The summed E-state index contributed by atoms with van der Waals surface area (Å²) in [5, 5.41) is 8.35. The van der Waals surface area contributed by atoms with Crippen molar-refractivity contribution in [2.24, 2.45) is 0 Å². The lowest BCUT2D eigenvalue weighted by Gasteiger charge is -2.09. The Morgan fingerprint density at radius 3 is 2.23 bits per heavy atom. The molecule has 0 aromatic heterocycles. The molecule has 0 aliphatic heterocycles. The van der Waals surface area contributed by atoms with Crippen LogP contribution in [0.15, 0.2) is 24.3 Å². The second-order valence-corrected chi connectivity index (χ2v) is 2.92. The molecule has 0 aliphatic rings. The fourth-order valence-corrected chi connectivity index (χ4v) is 1.01. The number of rotatable bonds is 2. The van der Waals surface area contributed by atoms with Crippen LogP contribution in [0, 0.1) is 11.3 Å². The molecule has 0 saturated heterocycles. The normalized spacial score (nSPS) is 10.9. The average molecular weight is 181 g/mol. The number of halogens is 2. The fourth-order valence-electron chi connectivity index (χ4n) is 1.01. The highest BCUT2D eigenvalue weighted by Crippen LogP contribution is 2.26. The topological polar surface area (TPSA) is 23.8 Å². The van der Waals surface area contributed by atoms with Gasteiger partial charge in [-0.1, -0.05) is 24.3 Å². The van der Waals surface area contributed by atoms with Gasteiger partial charge in [-0.05, 0) is 5.56 Å². The lowest BCUT2D eigenvalue weighted by atomic mass is 10.1. The van der Waals surface area contributed by atoms with E-state index in [1.54, 1.807) is 12.1 Å². The van der Waals surface area contributed by atoms with E-state index in [0.717, 1.165) is 12.5 Å². The standard InChI is InChI=1S/C10H9F2N/c1-10(11,12)9-4-2-8(3-5-9)6-7-13/h2-5H,6H2,1H3. The molecule has 0 atom stereocenters. The van der Waals surface area contributed by atoms with Crippen molar-refractivity contribution < 1.29 is 8.78 Å². The summed E-state index contributed by atoms with van der Waals surface area (Å²) in [4.78, 5) is 0. The van der Waals surface area contributed by atoms with Crippen LogP contribution in [0.4, 0.5) is 8.78 Å². The summed E-state index contributed by atoms with van der Waals surface area (Å²) in [7, 11) is 0. The summed E-state index contributed by atoms with van der Waals surface area (Å²) in [6.07, 6.45) is 0.259. The van der Waals surface area contributed by atoms with E-state index in [0.29, 0.717) is 0 Å². The van der Waals surface area contributed by atoms with Crippen LogP contribution in [-0.2, 0) is 12.3 Å². The third kappa shape index (κ3) is 2.51. The largest absolute Gasteiger partial charge is 0.270 e. The van der Waals surface area contributed by atoms with Crippen LogP contribution in [0.1, 0.15) is 18.1 Å².